The number of fused-ring (bicyclic) bond motifs is 3. The van der Waals surface area contributed by atoms with E-state index in [1.165, 1.54) is 0 Å². The molecule has 4 aromatic rings. The van der Waals surface area contributed by atoms with Crippen molar-refractivity contribution in [3.63, 3.8) is 0 Å². The van der Waals surface area contributed by atoms with Crippen LogP contribution in [0.4, 0.5) is 0 Å². The number of esters is 1. The summed E-state index contributed by atoms with van der Waals surface area (Å²) in [6.45, 7) is 2.03. The summed E-state index contributed by atoms with van der Waals surface area (Å²) >= 11 is 6.53. The van der Waals surface area contributed by atoms with E-state index in [-0.39, 0.29) is 30.1 Å². The number of hydrogen-bond acceptors (Lipinski definition) is 5. The third-order valence-electron chi connectivity index (χ3n) is 6.60. The lowest BCUT2D eigenvalue weighted by atomic mass is 9.83. The highest BCUT2D eigenvalue weighted by molar-refractivity contribution is 6.37. The topological polar surface area (TPSA) is 74.3 Å². The number of benzene rings is 2. The smallest absolute Gasteiger partial charge is 0.306 e. The van der Waals surface area contributed by atoms with Crippen molar-refractivity contribution in [2.75, 3.05) is 0 Å². The molecule has 7 heteroatoms. The number of nitrogens with zero attached hydrogens (tertiary/aromatic N) is 2. The molecule has 170 valence electrons. The number of carbonyl (C=O) groups excluding carboxylic acids is 1. The first-order chi connectivity index (χ1) is 16.0. The van der Waals surface area contributed by atoms with Crippen LogP contribution in [0.3, 0.4) is 0 Å². The zero-order chi connectivity index (χ0) is 22.9. The molecule has 6 nitrogen and oxygen atoms in total. The number of aromatic nitrogens is 2. The van der Waals surface area contributed by atoms with Crippen LogP contribution in [0, 0.1) is 12.8 Å². The summed E-state index contributed by atoms with van der Waals surface area (Å²) < 4.78 is 12.7. The van der Waals surface area contributed by atoms with Gasteiger partial charge in [-0.2, -0.15) is 0 Å². The molecule has 1 saturated carbocycles. The number of rotatable bonds is 5. The minimum Gasteiger partial charge on any atom is -0.461 e. The molecule has 2 unspecified atom stereocenters. The first-order valence-electron chi connectivity index (χ1n) is 11.3. The highest BCUT2D eigenvalue weighted by atomic mass is 35.5. The average molecular weight is 465 g/mol. The van der Waals surface area contributed by atoms with E-state index in [0.29, 0.717) is 28.1 Å². The lowest BCUT2D eigenvalue weighted by molar-refractivity contribution is -0.146. The fraction of sp³-hybridized carbons (Fsp3) is 0.346. The normalized spacial score (nSPS) is 18.6. The summed E-state index contributed by atoms with van der Waals surface area (Å²) in [6.07, 6.45) is 3.84. The van der Waals surface area contributed by atoms with E-state index in [1.807, 2.05) is 47.0 Å². The van der Waals surface area contributed by atoms with Crippen LogP contribution in [0.1, 0.15) is 49.5 Å². The third kappa shape index (κ3) is 4.15. The van der Waals surface area contributed by atoms with Crippen LogP contribution in [0.2, 0.25) is 5.02 Å². The molecule has 2 heterocycles. The molecule has 2 aromatic heterocycles. The number of pyridine rings is 1. The maximum absolute atomic E-state index is 13.6. The van der Waals surface area contributed by atoms with Crippen LogP contribution in [-0.2, 0) is 16.1 Å². The molecule has 0 bridgehead atoms. The Bertz CT molecular complexity index is 1380. The minimum absolute atomic E-state index is 0.0298. The third-order valence-corrected chi connectivity index (χ3v) is 6.92. The number of aryl methyl sites for hydroxylation is 1. The quantitative estimate of drug-likeness (QED) is 0.340. The van der Waals surface area contributed by atoms with Crippen molar-refractivity contribution in [3.8, 4) is 0 Å². The Hall–Kier alpha value is -3.12. The summed E-state index contributed by atoms with van der Waals surface area (Å²) in [5, 5.41) is 5.86. The molecule has 2 atom stereocenters. The van der Waals surface area contributed by atoms with Crippen LogP contribution in [-0.4, -0.2) is 15.7 Å². The van der Waals surface area contributed by atoms with E-state index in [1.54, 1.807) is 13.0 Å². The molecular weight excluding hydrogens is 440 g/mol. The molecule has 0 amide bonds. The molecule has 0 saturated heterocycles. The van der Waals surface area contributed by atoms with Crippen LogP contribution < -0.4 is 5.56 Å². The monoisotopic (exact) mass is 464 g/mol. The largest absolute Gasteiger partial charge is 0.461 e. The molecule has 0 radical (unpaired) electrons. The zero-order valence-electron chi connectivity index (χ0n) is 18.4. The van der Waals surface area contributed by atoms with Gasteiger partial charge in [-0.1, -0.05) is 59.6 Å². The number of ether oxygens (including phenoxy) is 1. The lowest BCUT2D eigenvalue weighted by Crippen LogP contribution is -2.30. The average Bonchev–Trinajstić information content (AvgIpc) is 3.20. The van der Waals surface area contributed by atoms with Crippen molar-refractivity contribution < 1.29 is 14.1 Å². The SMILES string of the molecule is Cc1onc2c1c(=O)n(C1CCCC(CC(=O)OCc3ccccc3)C1)c1cccc(Cl)c21. The molecule has 0 spiro atoms. The van der Waals surface area contributed by atoms with Crippen molar-refractivity contribution >= 4 is 39.4 Å². The molecule has 2 aromatic carbocycles. The molecule has 5 rings (SSSR count). The molecule has 33 heavy (non-hydrogen) atoms. The fourth-order valence-corrected chi connectivity index (χ4v) is 5.31. The predicted molar refractivity (Wildman–Crippen MR) is 127 cm³/mol. The van der Waals surface area contributed by atoms with Crippen LogP contribution >= 0.6 is 11.6 Å². The highest BCUT2D eigenvalue weighted by Gasteiger charge is 2.29. The fourth-order valence-electron chi connectivity index (χ4n) is 5.05. The van der Waals surface area contributed by atoms with Crippen molar-refractivity contribution in [2.24, 2.45) is 5.92 Å². The summed E-state index contributed by atoms with van der Waals surface area (Å²) in [5.74, 6) is 0.449. The molecule has 1 fully saturated rings. The van der Waals surface area contributed by atoms with Crippen LogP contribution in [0.25, 0.3) is 21.8 Å². The maximum Gasteiger partial charge on any atom is 0.306 e. The van der Waals surface area contributed by atoms with Gasteiger partial charge in [-0.15, -0.1) is 0 Å². The molecule has 1 aliphatic rings. The van der Waals surface area contributed by atoms with Gasteiger partial charge in [0.1, 0.15) is 23.3 Å². The van der Waals surface area contributed by atoms with E-state index in [9.17, 15) is 9.59 Å². The summed E-state index contributed by atoms with van der Waals surface area (Å²) in [4.78, 5) is 26.1. The molecule has 1 aliphatic carbocycles. The van der Waals surface area contributed by atoms with Gasteiger partial charge in [0.05, 0.1) is 10.5 Å². The van der Waals surface area contributed by atoms with Crippen molar-refractivity contribution in [3.05, 3.63) is 75.2 Å². The summed E-state index contributed by atoms with van der Waals surface area (Å²) in [6, 6.07) is 15.2. The first-order valence-corrected chi connectivity index (χ1v) is 11.7. The Morgan fingerprint density at radius 3 is 2.79 bits per heavy atom. The van der Waals surface area contributed by atoms with Gasteiger partial charge in [-0.05, 0) is 49.8 Å². The van der Waals surface area contributed by atoms with Gasteiger partial charge in [0, 0.05) is 17.8 Å². The predicted octanol–water partition coefficient (Wildman–Crippen LogP) is 5.97. The van der Waals surface area contributed by atoms with Gasteiger partial charge < -0.3 is 13.8 Å². The highest BCUT2D eigenvalue weighted by Crippen LogP contribution is 2.38. The second-order valence-electron chi connectivity index (χ2n) is 8.81. The van der Waals surface area contributed by atoms with Gasteiger partial charge in [0.25, 0.3) is 5.56 Å². The standard InChI is InChI=1S/C26H25ClN2O4/c1-16-23-25(28-33-16)24-20(27)11-6-12-21(24)29(26(23)31)19-10-5-9-18(13-19)14-22(30)32-15-17-7-3-2-4-8-17/h2-4,6-8,11-12,18-19H,5,9-10,13-15H2,1H3. The van der Waals surface area contributed by atoms with Crippen molar-refractivity contribution in [2.45, 2.75) is 51.7 Å². The van der Waals surface area contributed by atoms with E-state index in [2.05, 4.69) is 5.16 Å². The molecule has 0 aliphatic heterocycles. The van der Waals surface area contributed by atoms with Gasteiger partial charge in [-0.3, -0.25) is 9.59 Å². The number of carbonyl (C=O) groups is 1. The Balaban J connectivity index is 1.41. The number of hydrogen-bond donors (Lipinski definition) is 0. The Kier molecular flexibility index (Phi) is 5.94. The Morgan fingerprint density at radius 2 is 1.97 bits per heavy atom. The van der Waals surface area contributed by atoms with Gasteiger partial charge in [0.15, 0.2) is 0 Å². The lowest BCUT2D eigenvalue weighted by Gasteiger charge is -2.31. The van der Waals surface area contributed by atoms with E-state index >= 15 is 0 Å². The van der Waals surface area contributed by atoms with E-state index in [0.717, 1.165) is 42.1 Å². The zero-order valence-corrected chi connectivity index (χ0v) is 19.2. The first kappa shape index (κ1) is 21.7. The maximum atomic E-state index is 13.6. The Morgan fingerprint density at radius 1 is 1.15 bits per heavy atom. The summed E-state index contributed by atoms with van der Waals surface area (Å²) in [7, 11) is 0. The van der Waals surface area contributed by atoms with E-state index < -0.39 is 0 Å². The summed E-state index contributed by atoms with van der Waals surface area (Å²) in [5.41, 5.74) is 2.12. The van der Waals surface area contributed by atoms with Gasteiger partial charge >= 0.3 is 5.97 Å². The molecule has 0 N–H and O–H groups in total. The van der Waals surface area contributed by atoms with Gasteiger partial charge in [0.2, 0.25) is 0 Å². The molecular formula is C26H25ClN2O4. The van der Waals surface area contributed by atoms with Gasteiger partial charge in [-0.25, -0.2) is 0 Å². The van der Waals surface area contributed by atoms with Crippen molar-refractivity contribution in [1.29, 1.82) is 0 Å². The van der Waals surface area contributed by atoms with Crippen LogP contribution in [0.15, 0.2) is 57.8 Å². The minimum atomic E-state index is -0.199. The van der Waals surface area contributed by atoms with Crippen molar-refractivity contribution in [1.82, 2.24) is 9.72 Å². The van der Waals surface area contributed by atoms with Crippen LogP contribution in [0.5, 0.6) is 0 Å². The second kappa shape index (κ2) is 9.02. The van der Waals surface area contributed by atoms with E-state index in [4.69, 9.17) is 20.9 Å². The number of halogens is 1. The Labute approximate surface area is 196 Å². The second-order valence-corrected chi connectivity index (χ2v) is 9.22.